The van der Waals surface area contributed by atoms with Gasteiger partial charge >= 0.3 is 7.12 Å². The molecule has 1 N–H and O–H groups in total. The SMILES string of the molecule is O=CC1=CCC2COB(O)C2=C1. The van der Waals surface area contributed by atoms with E-state index < -0.39 is 7.12 Å². The summed E-state index contributed by atoms with van der Waals surface area (Å²) in [6, 6.07) is 0. The molecule has 1 fully saturated rings. The van der Waals surface area contributed by atoms with Crippen molar-refractivity contribution in [2.24, 2.45) is 5.92 Å². The van der Waals surface area contributed by atoms with Crippen molar-refractivity contribution in [1.29, 1.82) is 0 Å². The Balaban J connectivity index is 2.27. The first-order valence-electron chi connectivity index (χ1n) is 3.98. The minimum Gasteiger partial charge on any atom is -0.423 e. The second-order valence-corrected chi connectivity index (χ2v) is 3.08. The van der Waals surface area contributed by atoms with Crippen molar-refractivity contribution in [2.45, 2.75) is 6.42 Å². The predicted molar refractivity (Wildman–Crippen MR) is 44.3 cm³/mol. The third kappa shape index (κ3) is 1.13. The molecule has 1 aliphatic carbocycles. The van der Waals surface area contributed by atoms with E-state index in [-0.39, 0.29) is 5.92 Å². The fourth-order valence-electron chi connectivity index (χ4n) is 1.61. The molecule has 1 saturated heterocycles. The minimum atomic E-state index is -0.793. The summed E-state index contributed by atoms with van der Waals surface area (Å²) in [6.45, 7) is 0.565. The van der Waals surface area contributed by atoms with Crippen LogP contribution in [0, 0.1) is 5.92 Å². The van der Waals surface area contributed by atoms with Gasteiger partial charge in [-0.25, -0.2) is 0 Å². The molecule has 0 amide bonds. The highest BCUT2D eigenvalue weighted by Crippen LogP contribution is 2.30. The Morgan fingerprint density at radius 1 is 1.75 bits per heavy atom. The van der Waals surface area contributed by atoms with E-state index in [1.807, 2.05) is 6.08 Å². The van der Waals surface area contributed by atoms with Gasteiger partial charge in [-0.3, -0.25) is 4.79 Å². The number of fused-ring (bicyclic) bond motifs is 1. The van der Waals surface area contributed by atoms with Crippen molar-refractivity contribution in [3.63, 3.8) is 0 Å². The summed E-state index contributed by atoms with van der Waals surface area (Å²) in [7, 11) is -0.793. The van der Waals surface area contributed by atoms with E-state index in [0.717, 1.165) is 18.2 Å². The number of hydrogen-bond acceptors (Lipinski definition) is 3. The van der Waals surface area contributed by atoms with Gasteiger partial charge < -0.3 is 9.68 Å². The van der Waals surface area contributed by atoms with Crippen molar-refractivity contribution >= 4 is 13.4 Å². The summed E-state index contributed by atoms with van der Waals surface area (Å²) in [5.74, 6) is 0.281. The fraction of sp³-hybridized carbons (Fsp3) is 0.375. The lowest BCUT2D eigenvalue weighted by molar-refractivity contribution is -0.104. The lowest BCUT2D eigenvalue weighted by Gasteiger charge is -2.12. The molecule has 4 heteroatoms. The molecule has 1 unspecified atom stereocenters. The van der Waals surface area contributed by atoms with Gasteiger partial charge in [0.1, 0.15) is 6.29 Å². The van der Waals surface area contributed by atoms with E-state index in [1.165, 1.54) is 0 Å². The Labute approximate surface area is 70.9 Å². The summed E-state index contributed by atoms with van der Waals surface area (Å²) in [5.41, 5.74) is 1.49. The van der Waals surface area contributed by atoms with Crippen molar-refractivity contribution in [1.82, 2.24) is 0 Å². The number of aldehydes is 1. The molecule has 1 aliphatic heterocycles. The maximum absolute atomic E-state index is 10.4. The second kappa shape index (κ2) is 2.88. The molecule has 0 spiro atoms. The van der Waals surface area contributed by atoms with E-state index in [0.29, 0.717) is 12.2 Å². The zero-order valence-electron chi connectivity index (χ0n) is 6.56. The summed E-state index contributed by atoms with van der Waals surface area (Å²) < 4.78 is 5.03. The third-order valence-electron chi connectivity index (χ3n) is 2.32. The lowest BCUT2D eigenvalue weighted by Crippen LogP contribution is -2.16. The van der Waals surface area contributed by atoms with Gasteiger partial charge in [-0.1, -0.05) is 12.2 Å². The monoisotopic (exact) mass is 164 g/mol. The maximum Gasteiger partial charge on any atom is 0.487 e. The third-order valence-corrected chi connectivity index (χ3v) is 2.32. The van der Waals surface area contributed by atoms with Gasteiger partial charge in [0.05, 0.1) is 0 Å². The highest BCUT2D eigenvalue weighted by Gasteiger charge is 2.35. The maximum atomic E-state index is 10.4. The molecule has 0 bridgehead atoms. The van der Waals surface area contributed by atoms with E-state index in [4.69, 9.17) is 4.65 Å². The van der Waals surface area contributed by atoms with E-state index >= 15 is 0 Å². The van der Waals surface area contributed by atoms with Gasteiger partial charge in [0.25, 0.3) is 0 Å². The van der Waals surface area contributed by atoms with Crippen molar-refractivity contribution in [2.75, 3.05) is 6.61 Å². The molecule has 62 valence electrons. The molecule has 1 heterocycles. The van der Waals surface area contributed by atoms with Crippen molar-refractivity contribution in [3.8, 4) is 0 Å². The fourth-order valence-corrected chi connectivity index (χ4v) is 1.61. The lowest BCUT2D eigenvalue weighted by atomic mass is 9.71. The molecule has 2 aliphatic rings. The Hall–Kier alpha value is -0.865. The normalized spacial score (nSPS) is 27.8. The average molecular weight is 164 g/mol. The first-order valence-corrected chi connectivity index (χ1v) is 3.98. The van der Waals surface area contributed by atoms with Gasteiger partial charge in [0.15, 0.2) is 0 Å². The minimum absolute atomic E-state index is 0.281. The molecular weight excluding hydrogens is 155 g/mol. The molecule has 0 saturated carbocycles. The van der Waals surface area contributed by atoms with Crippen LogP contribution in [0.1, 0.15) is 6.42 Å². The molecule has 0 aromatic carbocycles. The summed E-state index contributed by atoms with van der Waals surface area (Å²) in [5, 5.41) is 9.30. The summed E-state index contributed by atoms with van der Waals surface area (Å²) in [4.78, 5) is 10.4. The van der Waals surface area contributed by atoms with Crippen LogP contribution in [0.15, 0.2) is 23.2 Å². The Morgan fingerprint density at radius 2 is 2.58 bits per heavy atom. The first-order chi connectivity index (χ1) is 5.81. The van der Waals surface area contributed by atoms with Crippen LogP contribution >= 0.6 is 0 Å². The van der Waals surface area contributed by atoms with E-state index in [1.54, 1.807) is 6.08 Å². The van der Waals surface area contributed by atoms with Crippen molar-refractivity contribution < 1.29 is 14.5 Å². The molecular formula is C8H9BO3. The van der Waals surface area contributed by atoms with Crippen LogP contribution in [0.5, 0.6) is 0 Å². The smallest absolute Gasteiger partial charge is 0.423 e. The molecule has 2 rings (SSSR count). The zero-order valence-corrected chi connectivity index (χ0v) is 6.56. The highest BCUT2D eigenvalue weighted by atomic mass is 16.5. The molecule has 1 atom stereocenters. The largest absolute Gasteiger partial charge is 0.487 e. The number of hydrogen-bond donors (Lipinski definition) is 1. The van der Waals surface area contributed by atoms with Crippen LogP contribution in [0.25, 0.3) is 0 Å². The molecule has 12 heavy (non-hydrogen) atoms. The van der Waals surface area contributed by atoms with Gasteiger partial charge in [-0.2, -0.15) is 0 Å². The average Bonchev–Trinajstić information content (AvgIpc) is 2.47. The van der Waals surface area contributed by atoms with Crippen LogP contribution in [-0.2, 0) is 9.45 Å². The van der Waals surface area contributed by atoms with Crippen LogP contribution in [-0.4, -0.2) is 25.0 Å². The Bertz CT molecular complexity index is 269. The number of allylic oxidation sites excluding steroid dienone is 3. The Kier molecular flexibility index (Phi) is 1.86. The Morgan fingerprint density at radius 3 is 3.33 bits per heavy atom. The zero-order chi connectivity index (χ0) is 8.55. The number of carbonyl (C=O) groups excluding carboxylic acids is 1. The standard InChI is InChI=1S/C8H9BO3/c10-4-6-1-2-7-5-12-9(11)8(7)3-6/h1,3-4,7,11H,2,5H2. The van der Waals surface area contributed by atoms with Gasteiger partial charge in [0, 0.05) is 18.1 Å². The highest BCUT2D eigenvalue weighted by molar-refractivity contribution is 6.53. The van der Waals surface area contributed by atoms with E-state index in [9.17, 15) is 9.82 Å². The van der Waals surface area contributed by atoms with Crippen molar-refractivity contribution in [3.05, 3.63) is 23.2 Å². The topological polar surface area (TPSA) is 46.5 Å². The van der Waals surface area contributed by atoms with Crippen LogP contribution in [0.4, 0.5) is 0 Å². The van der Waals surface area contributed by atoms with Gasteiger partial charge in [-0.05, 0) is 11.9 Å². The molecule has 3 nitrogen and oxygen atoms in total. The van der Waals surface area contributed by atoms with Crippen LogP contribution in [0.2, 0.25) is 0 Å². The van der Waals surface area contributed by atoms with E-state index in [2.05, 4.69) is 0 Å². The summed E-state index contributed by atoms with van der Waals surface area (Å²) >= 11 is 0. The molecule has 0 radical (unpaired) electrons. The number of carbonyl (C=O) groups is 1. The first kappa shape index (κ1) is 7.77. The number of rotatable bonds is 1. The molecule has 0 aromatic rings. The van der Waals surface area contributed by atoms with Gasteiger partial charge in [0.2, 0.25) is 0 Å². The van der Waals surface area contributed by atoms with Crippen LogP contribution in [0.3, 0.4) is 0 Å². The predicted octanol–water partition coefficient (Wildman–Crippen LogP) is 0.108. The van der Waals surface area contributed by atoms with Crippen LogP contribution < -0.4 is 0 Å². The van der Waals surface area contributed by atoms with Gasteiger partial charge in [-0.15, -0.1) is 0 Å². The molecule has 0 aromatic heterocycles. The summed E-state index contributed by atoms with van der Waals surface area (Å²) in [6.07, 6.45) is 5.20. The second-order valence-electron chi connectivity index (χ2n) is 3.08. The quantitative estimate of drug-likeness (QED) is 0.441.